The molecule has 5 rings (SSSR count). The number of H-pyrrole nitrogens is 1. The topological polar surface area (TPSA) is 54.1 Å². The van der Waals surface area contributed by atoms with Gasteiger partial charge in [-0.25, -0.2) is 0 Å². The highest BCUT2D eigenvalue weighted by Gasteiger charge is 2.25. The first kappa shape index (κ1) is 17.1. The number of aromatic amines is 1. The van der Waals surface area contributed by atoms with Gasteiger partial charge < -0.3 is 15.0 Å². The molecule has 2 N–H and O–H groups in total. The summed E-state index contributed by atoms with van der Waals surface area (Å²) in [6, 6.07) is 6.21. The minimum Gasteiger partial charge on any atom is -0.493 e. The molecule has 28 heavy (non-hydrogen) atoms. The van der Waals surface area contributed by atoms with Crippen molar-refractivity contribution in [1.82, 2.24) is 10.3 Å². The van der Waals surface area contributed by atoms with E-state index >= 15 is 0 Å². The molecule has 0 saturated carbocycles. The van der Waals surface area contributed by atoms with Crippen LogP contribution in [-0.4, -0.2) is 24.0 Å². The molecule has 0 saturated heterocycles. The summed E-state index contributed by atoms with van der Waals surface area (Å²) in [6.45, 7) is 5.56. The Hall–Kier alpha value is -3.01. The number of rotatable bonds is 3. The van der Waals surface area contributed by atoms with Crippen molar-refractivity contribution in [3.63, 3.8) is 0 Å². The predicted molar refractivity (Wildman–Crippen MR) is 113 cm³/mol. The quantitative estimate of drug-likeness (QED) is 0.698. The van der Waals surface area contributed by atoms with Crippen LogP contribution in [0.3, 0.4) is 0 Å². The molecule has 1 unspecified atom stereocenters. The van der Waals surface area contributed by atoms with Crippen LogP contribution in [0.1, 0.15) is 33.5 Å². The molecule has 142 valence electrons. The third-order valence-corrected chi connectivity index (χ3v) is 6.07. The van der Waals surface area contributed by atoms with Crippen molar-refractivity contribution < 1.29 is 9.53 Å². The van der Waals surface area contributed by atoms with Crippen molar-refractivity contribution in [2.45, 2.75) is 26.7 Å². The molecule has 2 aromatic carbocycles. The van der Waals surface area contributed by atoms with Crippen LogP contribution < -0.4 is 10.1 Å². The average molecular weight is 372 g/mol. The van der Waals surface area contributed by atoms with E-state index in [1.165, 1.54) is 11.1 Å². The zero-order valence-corrected chi connectivity index (χ0v) is 16.3. The van der Waals surface area contributed by atoms with E-state index in [-0.39, 0.29) is 5.91 Å². The lowest BCUT2D eigenvalue weighted by molar-refractivity contribution is 0.0945. The van der Waals surface area contributed by atoms with E-state index in [1.807, 2.05) is 6.07 Å². The maximum Gasteiger partial charge on any atom is 0.251 e. The Morgan fingerprint density at radius 3 is 2.89 bits per heavy atom. The lowest BCUT2D eigenvalue weighted by atomic mass is 9.88. The number of hydrogen-bond donors (Lipinski definition) is 2. The van der Waals surface area contributed by atoms with Crippen molar-refractivity contribution >= 4 is 27.7 Å². The molecular weight excluding hydrogens is 348 g/mol. The molecule has 2 heterocycles. The van der Waals surface area contributed by atoms with Gasteiger partial charge in [0, 0.05) is 34.3 Å². The number of amides is 1. The minimum atomic E-state index is 0.0441. The second kappa shape index (κ2) is 6.55. The standard InChI is InChI=1S/C24H24N2O2/c1-14-18-10-11-25-24(27)22(18)15(2)21-19-12-17(8-9-20(19)26-23(14)21)28-13-16-6-4-3-5-7-16/h3-6,8-9,12,16,26H,7,10-11,13H2,1-2H3,(H,25,27). The van der Waals surface area contributed by atoms with Crippen LogP contribution in [0.5, 0.6) is 5.75 Å². The third-order valence-electron chi connectivity index (χ3n) is 6.07. The van der Waals surface area contributed by atoms with Crippen LogP contribution >= 0.6 is 0 Å². The number of nitrogens with one attached hydrogen (secondary N) is 2. The van der Waals surface area contributed by atoms with Gasteiger partial charge in [-0.05, 0) is 61.6 Å². The number of benzene rings is 2. The molecule has 0 bridgehead atoms. The molecule has 0 fully saturated rings. The van der Waals surface area contributed by atoms with Gasteiger partial charge >= 0.3 is 0 Å². The fourth-order valence-electron chi connectivity index (χ4n) is 4.59. The summed E-state index contributed by atoms with van der Waals surface area (Å²) in [7, 11) is 0. The highest BCUT2D eigenvalue weighted by atomic mass is 16.5. The van der Waals surface area contributed by atoms with Crippen LogP contribution in [0.15, 0.2) is 42.5 Å². The van der Waals surface area contributed by atoms with Crippen LogP contribution in [0.2, 0.25) is 0 Å². The molecular formula is C24H24N2O2. The van der Waals surface area contributed by atoms with E-state index in [0.717, 1.165) is 51.5 Å². The van der Waals surface area contributed by atoms with Gasteiger partial charge in [0.15, 0.2) is 0 Å². The van der Waals surface area contributed by atoms with Gasteiger partial charge in [-0.2, -0.15) is 0 Å². The fraction of sp³-hybridized carbons (Fsp3) is 0.292. The number of hydrogen-bond acceptors (Lipinski definition) is 2. The second-order valence-corrected chi connectivity index (χ2v) is 7.81. The van der Waals surface area contributed by atoms with Crippen molar-refractivity contribution in [1.29, 1.82) is 0 Å². The number of carbonyl (C=O) groups excluding carboxylic acids is 1. The van der Waals surface area contributed by atoms with Crippen molar-refractivity contribution in [2.75, 3.05) is 13.2 Å². The number of allylic oxidation sites excluding steroid dienone is 3. The summed E-state index contributed by atoms with van der Waals surface area (Å²) < 4.78 is 6.10. The first-order chi connectivity index (χ1) is 13.6. The van der Waals surface area contributed by atoms with E-state index in [9.17, 15) is 4.79 Å². The molecule has 4 nitrogen and oxygen atoms in total. The molecule has 4 heteroatoms. The summed E-state index contributed by atoms with van der Waals surface area (Å²) in [4.78, 5) is 16.1. The zero-order valence-electron chi connectivity index (χ0n) is 16.3. The molecule has 0 spiro atoms. The van der Waals surface area contributed by atoms with Crippen LogP contribution in [0.25, 0.3) is 21.8 Å². The average Bonchev–Trinajstić information content (AvgIpc) is 3.10. The Kier molecular flexibility index (Phi) is 4.00. The molecule has 1 amide bonds. The molecule has 1 atom stereocenters. The van der Waals surface area contributed by atoms with E-state index in [2.05, 4.69) is 60.6 Å². The number of ether oxygens (including phenoxy) is 1. The Morgan fingerprint density at radius 2 is 2.07 bits per heavy atom. The fourth-order valence-corrected chi connectivity index (χ4v) is 4.59. The minimum absolute atomic E-state index is 0.0441. The Bertz CT molecular complexity index is 1170. The molecule has 1 aliphatic heterocycles. The van der Waals surface area contributed by atoms with Crippen LogP contribution in [0, 0.1) is 19.8 Å². The van der Waals surface area contributed by atoms with Crippen LogP contribution in [0.4, 0.5) is 0 Å². The Labute approximate surface area is 164 Å². The van der Waals surface area contributed by atoms with Gasteiger partial charge in [-0.15, -0.1) is 0 Å². The molecule has 0 radical (unpaired) electrons. The summed E-state index contributed by atoms with van der Waals surface area (Å²) in [6.07, 6.45) is 10.4. The summed E-state index contributed by atoms with van der Waals surface area (Å²) >= 11 is 0. The summed E-state index contributed by atoms with van der Waals surface area (Å²) in [5.74, 6) is 1.33. The van der Waals surface area contributed by atoms with Gasteiger partial charge in [0.05, 0.1) is 12.1 Å². The van der Waals surface area contributed by atoms with Gasteiger partial charge in [0.25, 0.3) is 5.91 Å². The lowest BCUT2D eigenvalue weighted by Crippen LogP contribution is -2.33. The number of aryl methyl sites for hydroxylation is 2. The highest BCUT2D eigenvalue weighted by Crippen LogP contribution is 2.37. The maximum absolute atomic E-state index is 12.5. The highest BCUT2D eigenvalue weighted by molar-refractivity contribution is 6.14. The third kappa shape index (κ3) is 2.63. The Balaban J connectivity index is 1.60. The van der Waals surface area contributed by atoms with Gasteiger partial charge in [0.2, 0.25) is 0 Å². The summed E-state index contributed by atoms with van der Waals surface area (Å²) in [5, 5.41) is 5.25. The monoisotopic (exact) mass is 372 g/mol. The molecule has 1 aliphatic carbocycles. The smallest absolute Gasteiger partial charge is 0.251 e. The van der Waals surface area contributed by atoms with E-state index < -0.39 is 0 Å². The van der Waals surface area contributed by atoms with E-state index in [4.69, 9.17) is 4.74 Å². The summed E-state index contributed by atoms with van der Waals surface area (Å²) in [5.41, 5.74) is 6.48. The van der Waals surface area contributed by atoms with Gasteiger partial charge in [-0.3, -0.25) is 4.79 Å². The largest absolute Gasteiger partial charge is 0.493 e. The van der Waals surface area contributed by atoms with Crippen molar-refractivity contribution in [2.24, 2.45) is 5.92 Å². The van der Waals surface area contributed by atoms with Crippen LogP contribution in [-0.2, 0) is 6.42 Å². The maximum atomic E-state index is 12.5. The predicted octanol–water partition coefficient (Wildman–Crippen LogP) is 4.73. The number of aromatic nitrogens is 1. The van der Waals surface area contributed by atoms with Gasteiger partial charge in [0.1, 0.15) is 5.75 Å². The zero-order chi connectivity index (χ0) is 19.3. The first-order valence-electron chi connectivity index (χ1n) is 9.95. The lowest BCUT2D eigenvalue weighted by Gasteiger charge is -2.21. The van der Waals surface area contributed by atoms with Crippen molar-refractivity contribution in [3.8, 4) is 5.75 Å². The Morgan fingerprint density at radius 1 is 1.18 bits per heavy atom. The SMILES string of the molecule is Cc1c2c(c(C)c3c1[nH]c1ccc(OCC4C=CC=CC4)cc13)C(=O)NCC2. The molecule has 3 aromatic rings. The second-order valence-electron chi connectivity index (χ2n) is 7.81. The first-order valence-corrected chi connectivity index (χ1v) is 9.95. The van der Waals surface area contributed by atoms with Crippen molar-refractivity contribution in [3.05, 3.63) is 64.8 Å². The normalized spacial score (nSPS) is 18.5. The van der Waals surface area contributed by atoms with E-state index in [1.54, 1.807) is 0 Å². The molecule has 2 aliphatic rings. The van der Waals surface area contributed by atoms with Gasteiger partial charge in [-0.1, -0.05) is 24.3 Å². The van der Waals surface area contributed by atoms with E-state index in [0.29, 0.717) is 19.1 Å². The molecule has 1 aromatic heterocycles. The number of fused-ring (bicyclic) bond motifs is 4. The number of carbonyl (C=O) groups is 1.